The number of hydrogen-bond donors (Lipinski definition) is 0. The van der Waals surface area contributed by atoms with Gasteiger partial charge in [0.25, 0.3) is 0 Å². The van der Waals surface area contributed by atoms with E-state index in [0.717, 1.165) is 67.8 Å². The smallest absolute Gasteiger partial charge is 0.0895 e. The summed E-state index contributed by atoms with van der Waals surface area (Å²) in [6.07, 6.45) is 16.0. The molecule has 0 aliphatic rings. The maximum absolute atomic E-state index is 5.41. The molecule has 0 atom stereocenters. The van der Waals surface area contributed by atoms with Gasteiger partial charge in [0.05, 0.1) is 68.3 Å². The zero-order valence-electron chi connectivity index (χ0n) is 42.4. The van der Waals surface area contributed by atoms with Crippen molar-refractivity contribution in [3.8, 4) is 45.0 Å². The minimum absolute atomic E-state index is 0.654. The molecule has 5 aromatic heterocycles. The molecule has 13 aromatic rings. The van der Waals surface area contributed by atoms with Crippen LogP contribution in [-0.2, 0) is 0 Å². The molecule has 0 saturated heterocycles. The summed E-state index contributed by atoms with van der Waals surface area (Å²) in [7, 11) is 0. The van der Waals surface area contributed by atoms with Crippen molar-refractivity contribution in [1.29, 1.82) is 0 Å². The fraction of sp³-hybridized carbons (Fsp3) is 0. The van der Waals surface area contributed by atoms with Crippen molar-refractivity contribution in [3.05, 3.63) is 288 Å². The Hall–Kier alpha value is -10.6. The van der Waals surface area contributed by atoms with Crippen LogP contribution in [0, 0.1) is 0 Å². The molecule has 6 nitrogen and oxygen atoms in total. The molecule has 5 heterocycles. The highest BCUT2D eigenvalue weighted by Crippen LogP contribution is 2.29. The Morgan fingerprint density at radius 1 is 0.179 bits per heavy atom. The van der Waals surface area contributed by atoms with Crippen molar-refractivity contribution in [2.24, 2.45) is 0 Å². The number of rotatable bonds is 12. The number of nitrogens with zero attached hydrogens (tertiary/aromatic N) is 6. The largest absolute Gasteiger partial charge is 0.248 e. The normalized spacial score (nSPS) is 11.9. The lowest BCUT2D eigenvalue weighted by Gasteiger charge is -2.09. The fourth-order valence-corrected chi connectivity index (χ4v) is 9.85. The Balaban J connectivity index is 0.912. The Kier molecular flexibility index (Phi) is 12.9. The van der Waals surface area contributed by atoms with Gasteiger partial charge in [0.2, 0.25) is 0 Å². The second-order valence-electron chi connectivity index (χ2n) is 19.1. The highest BCUT2D eigenvalue weighted by molar-refractivity contribution is 5.91. The number of benzene rings is 8. The summed E-state index contributed by atoms with van der Waals surface area (Å²) in [6, 6.07) is 83.8. The van der Waals surface area contributed by atoms with Crippen molar-refractivity contribution in [1.82, 2.24) is 29.9 Å². The molecular formula is C72H48N6. The minimum atomic E-state index is 0.654. The Bertz CT molecular complexity index is 3960. The first-order valence-electron chi connectivity index (χ1n) is 26.1. The summed E-state index contributed by atoms with van der Waals surface area (Å²) >= 11 is 0. The lowest BCUT2D eigenvalue weighted by Crippen LogP contribution is -2.00. The summed E-state index contributed by atoms with van der Waals surface area (Å²) in [5, 5.41) is 9.43. The van der Waals surface area contributed by atoms with Gasteiger partial charge in [-0.1, -0.05) is 170 Å². The van der Waals surface area contributed by atoms with Crippen LogP contribution in [0.3, 0.4) is 0 Å². The quantitative estimate of drug-likeness (QED) is 0.121. The molecule has 366 valence electrons. The lowest BCUT2D eigenvalue weighted by atomic mass is 10.0. The third-order valence-corrected chi connectivity index (χ3v) is 13.9. The van der Waals surface area contributed by atoms with Crippen LogP contribution < -0.4 is 0 Å². The molecule has 0 saturated carbocycles. The highest BCUT2D eigenvalue weighted by Gasteiger charge is 2.12. The Morgan fingerprint density at radius 3 is 0.654 bits per heavy atom. The molecule has 6 heteroatoms. The van der Waals surface area contributed by atoms with Crippen molar-refractivity contribution in [2.45, 2.75) is 0 Å². The number of aromatic nitrogens is 6. The molecule has 0 amide bonds. The van der Waals surface area contributed by atoms with Crippen molar-refractivity contribution >= 4 is 91.7 Å². The minimum Gasteiger partial charge on any atom is -0.248 e. The SMILES string of the molecule is C(=Cc1nc(C=Cc2cccc(-c3ccc4ccccc4c3)n2)c(C=Cc2cccc(-c3ccc4ccccc4c3)n2)nc1C=Cc1cccc(-c2ccc3ccccc3c2)n1)c1cccc(-c2ccc3ccccc3c2)n1. The molecular weight excluding hydrogens is 949 g/mol. The van der Waals surface area contributed by atoms with Crippen LogP contribution in [0.25, 0.3) is 137 Å². The zero-order chi connectivity index (χ0) is 52.0. The Labute approximate surface area is 452 Å². The van der Waals surface area contributed by atoms with E-state index in [0.29, 0.717) is 22.8 Å². The van der Waals surface area contributed by atoms with E-state index in [1.807, 2.05) is 121 Å². The van der Waals surface area contributed by atoms with Crippen molar-refractivity contribution in [3.63, 3.8) is 0 Å². The highest BCUT2D eigenvalue weighted by atomic mass is 14.8. The first-order valence-corrected chi connectivity index (χ1v) is 26.1. The van der Waals surface area contributed by atoms with Crippen LogP contribution in [0.1, 0.15) is 45.6 Å². The molecule has 8 aromatic carbocycles. The van der Waals surface area contributed by atoms with Crippen molar-refractivity contribution in [2.75, 3.05) is 0 Å². The Morgan fingerprint density at radius 2 is 0.410 bits per heavy atom. The van der Waals surface area contributed by atoms with Gasteiger partial charge in [0, 0.05) is 22.3 Å². The van der Waals surface area contributed by atoms with Gasteiger partial charge in [-0.15, -0.1) is 0 Å². The van der Waals surface area contributed by atoms with E-state index < -0.39 is 0 Å². The summed E-state index contributed by atoms with van der Waals surface area (Å²) in [6.45, 7) is 0. The fourth-order valence-electron chi connectivity index (χ4n) is 9.85. The van der Waals surface area contributed by atoms with Crippen LogP contribution in [0.2, 0.25) is 0 Å². The molecule has 0 aliphatic heterocycles. The van der Waals surface area contributed by atoms with E-state index in [1.54, 1.807) is 0 Å². The molecule has 0 unspecified atom stereocenters. The van der Waals surface area contributed by atoms with Crippen LogP contribution in [0.4, 0.5) is 0 Å². The standard InChI is InChI=1S/C72H48N6/c1-5-17-53-45-57(33-29-49(53)13-1)65-25-9-21-61(73-65)37-41-69-70(42-38-62-22-10-26-66(74-62)58-34-30-50-14-2-6-18-54(50)46-58)78-72(44-40-64-24-12-28-68(76-64)60-36-32-52-16-4-8-20-56(52)48-60)71(77-69)43-39-63-23-11-27-67(75-63)59-35-31-51-15-3-7-19-55(51)47-59/h1-48H. The molecule has 0 fully saturated rings. The average molecular weight is 997 g/mol. The van der Waals surface area contributed by atoms with Gasteiger partial charge < -0.3 is 0 Å². The van der Waals surface area contributed by atoms with E-state index in [2.05, 4.69) is 170 Å². The summed E-state index contributed by atoms with van der Waals surface area (Å²) in [5.41, 5.74) is 13.5. The van der Waals surface area contributed by atoms with E-state index >= 15 is 0 Å². The maximum Gasteiger partial charge on any atom is 0.0895 e. The number of pyridine rings is 4. The van der Waals surface area contributed by atoms with Gasteiger partial charge >= 0.3 is 0 Å². The van der Waals surface area contributed by atoms with E-state index in [4.69, 9.17) is 29.9 Å². The first-order chi connectivity index (χ1) is 38.6. The number of hydrogen-bond acceptors (Lipinski definition) is 6. The molecule has 0 radical (unpaired) electrons. The predicted octanol–water partition coefficient (Wildman–Crippen LogP) is 18.0. The van der Waals surface area contributed by atoms with Crippen LogP contribution in [-0.4, -0.2) is 29.9 Å². The van der Waals surface area contributed by atoms with Gasteiger partial charge in [0.1, 0.15) is 0 Å². The molecule has 0 aliphatic carbocycles. The first kappa shape index (κ1) is 47.2. The van der Waals surface area contributed by atoms with Gasteiger partial charge in [-0.3, -0.25) is 0 Å². The monoisotopic (exact) mass is 996 g/mol. The van der Waals surface area contributed by atoms with Crippen LogP contribution >= 0.6 is 0 Å². The third-order valence-electron chi connectivity index (χ3n) is 13.9. The van der Waals surface area contributed by atoms with E-state index in [1.165, 1.54) is 43.1 Å². The van der Waals surface area contributed by atoms with Crippen LogP contribution in [0.5, 0.6) is 0 Å². The third kappa shape index (κ3) is 10.4. The number of fused-ring (bicyclic) bond motifs is 4. The second kappa shape index (κ2) is 21.4. The molecule has 78 heavy (non-hydrogen) atoms. The van der Waals surface area contributed by atoms with Gasteiger partial charge in [0.15, 0.2) is 0 Å². The predicted molar refractivity (Wildman–Crippen MR) is 326 cm³/mol. The lowest BCUT2D eigenvalue weighted by molar-refractivity contribution is 1.12. The summed E-state index contributed by atoms with van der Waals surface area (Å²) in [4.78, 5) is 31.3. The molecule has 13 rings (SSSR count). The summed E-state index contributed by atoms with van der Waals surface area (Å²) in [5.74, 6) is 0. The van der Waals surface area contributed by atoms with Crippen molar-refractivity contribution < 1.29 is 0 Å². The van der Waals surface area contributed by atoms with Gasteiger partial charge in [-0.05, 0) is 164 Å². The zero-order valence-corrected chi connectivity index (χ0v) is 42.4. The second-order valence-corrected chi connectivity index (χ2v) is 19.1. The topological polar surface area (TPSA) is 77.3 Å². The van der Waals surface area contributed by atoms with E-state index in [9.17, 15) is 0 Å². The average Bonchev–Trinajstić information content (AvgIpc) is 3.52. The maximum atomic E-state index is 5.41. The van der Waals surface area contributed by atoms with Gasteiger partial charge in [-0.25, -0.2) is 29.9 Å². The summed E-state index contributed by atoms with van der Waals surface area (Å²) < 4.78 is 0. The molecule has 0 spiro atoms. The molecule has 0 N–H and O–H groups in total. The van der Waals surface area contributed by atoms with Crippen LogP contribution in [0.15, 0.2) is 243 Å². The van der Waals surface area contributed by atoms with E-state index in [-0.39, 0.29) is 0 Å². The molecule has 0 bridgehead atoms. The van der Waals surface area contributed by atoms with Gasteiger partial charge in [-0.2, -0.15) is 0 Å².